The maximum absolute atomic E-state index is 12.9. The highest BCUT2D eigenvalue weighted by atomic mass is 35.5. The van der Waals surface area contributed by atoms with Gasteiger partial charge >= 0.3 is 24.1 Å². The number of ether oxygens (including phenoxy) is 5. The smallest absolute Gasteiger partial charge is 0.416 e. The minimum atomic E-state index is -4.76. The van der Waals surface area contributed by atoms with E-state index in [1.165, 1.54) is 40.3 Å². The van der Waals surface area contributed by atoms with E-state index in [2.05, 4.69) is 41.8 Å². The van der Waals surface area contributed by atoms with Crippen LogP contribution in [0.2, 0.25) is 5.02 Å². The molecule has 0 aliphatic rings. The highest BCUT2D eigenvalue weighted by molar-refractivity contribution is 7.91. The van der Waals surface area contributed by atoms with Gasteiger partial charge in [0.2, 0.25) is 39.4 Å². The number of benzene rings is 3. The van der Waals surface area contributed by atoms with Crippen molar-refractivity contribution in [3.8, 4) is 23.4 Å². The van der Waals surface area contributed by atoms with E-state index in [1.54, 1.807) is 23.1 Å². The number of pyridine rings is 1. The molecule has 0 aliphatic heterocycles. The highest BCUT2D eigenvalue weighted by Crippen LogP contribution is 2.34. The van der Waals surface area contributed by atoms with Gasteiger partial charge in [0.05, 0.1) is 66.5 Å². The molecule has 1 unspecified atom stereocenters. The number of aromatic nitrogens is 5. The number of fused-ring (bicyclic) bond motifs is 1. The summed E-state index contributed by atoms with van der Waals surface area (Å²) in [6.45, 7) is 5.08. The molecule has 6 aromatic rings. The van der Waals surface area contributed by atoms with E-state index in [9.17, 15) is 62.7 Å². The van der Waals surface area contributed by atoms with E-state index >= 15 is 0 Å². The summed E-state index contributed by atoms with van der Waals surface area (Å²) in [7, 11) is -7.28. The predicted octanol–water partition coefficient (Wildman–Crippen LogP) is 6.71. The SMILES string of the molecule is CCCCCC(C)OC(=O)COc1ccc(Cl)c2cccnc12.COC(=O)c1ccc(CNS(C)(=O)=O)cc1S(=O)(=O)NC(=O)Nc1nc(OC)cc(OC)n1.Cc1nn(C)c(O)c1C(=O)c1ccc(C(F)(F)F)cc1S(C)(=O)=O. The number of aryl methyl sites for hydroxylation is 2. The normalized spacial score (nSPS) is 11.9. The molecule has 6 rings (SSSR count). The number of anilines is 1. The van der Waals surface area contributed by atoms with Crippen molar-refractivity contribution in [2.45, 2.75) is 75.1 Å². The van der Waals surface area contributed by atoms with Crippen molar-refractivity contribution in [3.05, 3.63) is 111 Å². The maximum atomic E-state index is 12.9. The Balaban J connectivity index is 0.000000264. The van der Waals surface area contributed by atoms with E-state index in [0.717, 1.165) is 67.3 Å². The van der Waals surface area contributed by atoms with E-state index in [1.807, 2.05) is 19.1 Å². The lowest BCUT2D eigenvalue weighted by molar-refractivity contribution is -0.151. The molecule has 0 fully saturated rings. The van der Waals surface area contributed by atoms with Crippen LogP contribution in [0, 0.1) is 6.92 Å². The summed E-state index contributed by atoms with van der Waals surface area (Å²) >= 11 is 6.13. The first kappa shape index (κ1) is 64.9. The van der Waals surface area contributed by atoms with Crippen molar-refractivity contribution in [1.29, 1.82) is 0 Å². The number of carbonyl (C=O) groups is 4. The van der Waals surface area contributed by atoms with Crippen LogP contribution in [0.3, 0.4) is 0 Å². The van der Waals surface area contributed by atoms with Crippen molar-refractivity contribution >= 4 is 82.1 Å². The van der Waals surface area contributed by atoms with Crippen LogP contribution in [0.25, 0.3) is 10.9 Å². The standard InChI is InChI=1S/C18H22ClNO3.C17H21N5O9S2.C14H13F3N2O4S/c1-3-4-5-7-13(2)23-17(21)12-22-16-10-9-15(19)14-8-6-11-20-18(14)16;1-29-13-8-14(30-2)20-16(19-13)21-17(24)22-33(27,28)12-7-10(9-18-32(4,25)26)5-6-11(12)15(23)31-3;1-7-11(13(21)19(2)18-7)12(20)9-5-4-8(14(15,16)17)6-10(9)24(3,22)23/h6,8-11,13H,3-5,7,12H2,1-2H3;5-8,18H,9H2,1-4H3,(H2,19,20,21,22,24);4-6,21H,1-3H3. The number of rotatable bonds is 20. The largest absolute Gasteiger partial charge is 0.493 e. The van der Waals surface area contributed by atoms with Gasteiger partial charge in [-0.05, 0) is 86.8 Å². The number of sulfone groups is 1. The fraction of sp³-hybridized carbons (Fsp3) is 0.347. The van der Waals surface area contributed by atoms with E-state index in [-0.39, 0.29) is 65.3 Å². The number of esters is 2. The second kappa shape index (κ2) is 28.0. The highest BCUT2D eigenvalue weighted by Gasteiger charge is 2.34. The Morgan fingerprint density at radius 3 is 2.08 bits per heavy atom. The van der Waals surface area contributed by atoms with Crippen molar-refractivity contribution in [2.24, 2.45) is 7.05 Å². The molecular weight excluding hydrogens is 1150 g/mol. The maximum Gasteiger partial charge on any atom is 0.416 e. The molecule has 80 heavy (non-hydrogen) atoms. The number of methoxy groups -OCH3 is 3. The molecule has 3 aromatic carbocycles. The number of alkyl halides is 3. The number of hydrogen-bond donors (Lipinski definition) is 4. The molecule has 4 N–H and O–H groups in total. The zero-order valence-electron chi connectivity index (χ0n) is 44.3. The average molecular weight is 1200 g/mol. The van der Waals surface area contributed by atoms with Gasteiger partial charge in [0.25, 0.3) is 10.0 Å². The molecule has 0 saturated heterocycles. The number of aromatic hydroxyl groups is 1. The molecule has 2 amide bonds. The summed E-state index contributed by atoms with van der Waals surface area (Å²) in [6, 6.07) is 12.5. The predicted molar refractivity (Wildman–Crippen MR) is 283 cm³/mol. The lowest BCUT2D eigenvalue weighted by atomic mass is 10.0. The number of nitrogens with zero attached hydrogens (tertiary/aromatic N) is 5. The number of nitrogens with one attached hydrogen (secondary N) is 3. The van der Waals surface area contributed by atoms with Crippen LogP contribution in [0.1, 0.15) is 82.6 Å². The number of amides is 2. The summed E-state index contributed by atoms with van der Waals surface area (Å²) in [5.41, 5.74) is -1.32. The molecule has 3 heterocycles. The minimum Gasteiger partial charge on any atom is -0.493 e. The van der Waals surface area contributed by atoms with Gasteiger partial charge < -0.3 is 28.8 Å². The van der Waals surface area contributed by atoms with Crippen molar-refractivity contribution in [1.82, 2.24) is 34.2 Å². The fourth-order valence-corrected chi connectivity index (χ4v) is 9.67. The van der Waals surface area contributed by atoms with Crippen LogP contribution < -0.4 is 29.0 Å². The van der Waals surface area contributed by atoms with Crippen LogP contribution >= 0.6 is 11.6 Å². The summed E-state index contributed by atoms with van der Waals surface area (Å²) < 4.78 is 141. The molecule has 31 heteroatoms. The van der Waals surface area contributed by atoms with Crippen LogP contribution in [0.15, 0.2) is 82.7 Å². The lowest BCUT2D eigenvalue weighted by Crippen LogP contribution is -2.35. The van der Waals surface area contributed by atoms with Gasteiger partial charge in [-0.15, -0.1) is 0 Å². The molecular formula is C49H56ClF3N8O16S3. The van der Waals surface area contributed by atoms with E-state index < -0.39 is 80.6 Å². The molecule has 24 nitrogen and oxygen atoms in total. The molecule has 3 aromatic heterocycles. The summed E-state index contributed by atoms with van der Waals surface area (Å²) in [4.78, 5) is 59.4. The van der Waals surface area contributed by atoms with Gasteiger partial charge in [-0.1, -0.05) is 37.4 Å². The van der Waals surface area contributed by atoms with Crippen LogP contribution in [0.4, 0.5) is 23.9 Å². The molecule has 434 valence electrons. The summed E-state index contributed by atoms with van der Waals surface area (Å²) in [6.07, 6.45) is 2.71. The van der Waals surface area contributed by atoms with Gasteiger partial charge in [-0.2, -0.15) is 28.2 Å². The van der Waals surface area contributed by atoms with Crippen molar-refractivity contribution in [2.75, 3.05) is 45.8 Å². The number of halogens is 4. The Hall–Kier alpha value is -7.67. The van der Waals surface area contributed by atoms with Gasteiger partial charge in [0, 0.05) is 37.0 Å². The van der Waals surface area contributed by atoms with E-state index in [4.69, 9.17) is 30.5 Å². The average Bonchev–Trinajstić information content (AvgIpc) is 3.65. The van der Waals surface area contributed by atoms with Gasteiger partial charge in [-0.25, -0.2) is 53.8 Å². The Morgan fingerprint density at radius 1 is 0.863 bits per heavy atom. The second-order valence-corrected chi connectivity index (χ2v) is 22.9. The van der Waals surface area contributed by atoms with Gasteiger partial charge in [-0.3, -0.25) is 15.1 Å². The summed E-state index contributed by atoms with van der Waals surface area (Å²) in [5.74, 6) is -2.49. The number of ketones is 1. The Kier molecular flexibility index (Phi) is 22.7. The molecule has 1 atom stereocenters. The van der Waals surface area contributed by atoms with Crippen molar-refractivity contribution in [3.63, 3.8) is 0 Å². The molecule has 0 saturated carbocycles. The third-order valence-corrected chi connectivity index (χ3v) is 14.3. The molecule has 0 bridgehead atoms. The van der Waals surface area contributed by atoms with Crippen molar-refractivity contribution < 1.29 is 86.4 Å². The monoisotopic (exact) mass is 1200 g/mol. The van der Waals surface area contributed by atoms with Crippen LogP contribution in [-0.4, -0.2) is 125 Å². The first-order chi connectivity index (χ1) is 37.3. The van der Waals surface area contributed by atoms with Gasteiger partial charge in [0.1, 0.15) is 21.7 Å². The third-order valence-electron chi connectivity index (χ3n) is 10.8. The number of carbonyl (C=O) groups excluding carboxylic acids is 4. The zero-order valence-corrected chi connectivity index (χ0v) is 47.5. The fourth-order valence-electron chi connectivity index (χ4n) is 6.97. The Morgan fingerprint density at radius 2 is 1.51 bits per heavy atom. The van der Waals surface area contributed by atoms with Gasteiger partial charge in [0.15, 0.2) is 16.4 Å². The Bertz CT molecular complexity index is 3570. The minimum absolute atomic E-state index is 0.0408. The first-order valence-corrected chi connectivity index (χ1v) is 29.0. The zero-order chi connectivity index (χ0) is 59.9. The molecule has 0 aliphatic carbocycles. The summed E-state index contributed by atoms with van der Waals surface area (Å²) in [5, 5.41) is 17.2. The number of unbranched alkanes of at least 4 members (excludes halogenated alkanes) is 2. The van der Waals surface area contributed by atoms with Crippen LogP contribution in [-0.2, 0) is 63.9 Å². The number of urea groups is 1. The number of sulfonamides is 2. The topological polar surface area (TPSA) is 330 Å². The molecule has 0 spiro atoms. The quantitative estimate of drug-likeness (QED) is 0.0350. The Labute approximate surface area is 463 Å². The molecule has 0 radical (unpaired) electrons. The second-order valence-electron chi connectivity index (χ2n) is 17.0. The number of hydrogen-bond acceptors (Lipinski definition) is 20. The van der Waals surface area contributed by atoms with Crippen LogP contribution in [0.5, 0.6) is 23.4 Å². The van der Waals surface area contributed by atoms with E-state index in [0.29, 0.717) is 34.7 Å². The lowest BCUT2D eigenvalue weighted by Gasteiger charge is -2.14. The third kappa shape index (κ3) is 18.5. The first-order valence-electron chi connectivity index (χ1n) is 23.3.